The summed E-state index contributed by atoms with van der Waals surface area (Å²) in [6.07, 6.45) is 3.60. The second-order valence-corrected chi connectivity index (χ2v) is 6.82. The van der Waals surface area contributed by atoms with Crippen LogP contribution in [0.5, 0.6) is 0 Å². The zero-order chi connectivity index (χ0) is 17.5. The Balaban J connectivity index is 2.30. The molecule has 0 aromatic heterocycles. The Labute approximate surface area is 136 Å². The smallest absolute Gasteiger partial charge is 0.287 e. The highest BCUT2D eigenvalue weighted by molar-refractivity contribution is 6.36. The Morgan fingerprint density at radius 1 is 1.17 bits per heavy atom. The number of rotatable bonds is 8. The molecule has 0 aliphatic heterocycles. The van der Waals surface area contributed by atoms with Crippen molar-refractivity contribution < 1.29 is 24.6 Å². The number of hydrogen-bond acceptors (Lipinski definition) is 5. The molecular weight excluding hydrogens is 300 g/mol. The van der Waals surface area contributed by atoms with Crippen molar-refractivity contribution >= 4 is 17.6 Å². The molecular formula is C16H28N2O5. The van der Waals surface area contributed by atoms with Crippen LogP contribution in [0.2, 0.25) is 0 Å². The number of nitrogens with one attached hydrogen (secondary N) is 2. The molecule has 1 fully saturated rings. The number of ketones is 1. The van der Waals surface area contributed by atoms with Crippen LogP contribution in [0.25, 0.3) is 0 Å². The maximum atomic E-state index is 11.8. The van der Waals surface area contributed by atoms with Crippen molar-refractivity contribution in [1.29, 1.82) is 0 Å². The van der Waals surface area contributed by atoms with Gasteiger partial charge >= 0.3 is 0 Å². The van der Waals surface area contributed by atoms with E-state index in [0.29, 0.717) is 0 Å². The minimum Gasteiger partial charge on any atom is -0.396 e. The van der Waals surface area contributed by atoms with Gasteiger partial charge in [0.05, 0.1) is 6.61 Å². The van der Waals surface area contributed by atoms with E-state index in [1.807, 2.05) is 0 Å². The molecule has 0 heterocycles. The SMILES string of the molecule is CC(C)(CO)[C@@H](O)C(=O)NCCC(=O)C(=O)NC1CCCCC1. The fourth-order valence-corrected chi connectivity index (χ4v) is 2.46. The maximum Gasteiger partial charge on any atom is 0.287 e. The van der Waals surface area contributed by atoms with Gasteiger partial charge in [-0.05, 0) is 12.8 Å². The molecule has 0 bridgehead atoms. The van der Waals surface area contributed by atoms with E-state index < -0.39 is 29.1 Å². The first-order valence-electron chi connectivity index (χ1n) is 8.18. The maximum absolute atomic E-state index is 11.8. The zero-order valence-corrected chi connectivity index (χ0v) is 13.9. The lowest BCUT2D eigenvalue weighted by Gasteiger charge is -2.27. The van der Waals surface area contributed by atoms with Gasteiger partial charge in [0.15, 0.2) is 0 Å². The number of hydrogen-bond donors (Lipinski definition) is 4. The topological polar surface area (TPSA) is 116 Å². The van der Waals surface area contributed by atoms with Crippen molar-refractivity contribution in [2.24, 2.45) is 5.41 Å². The summed E-state index contributed by atoms with van der Waals surface area (Å²) >= 11 is 0. The van der Waals surface area contributed by atoms with Gasteiger partial charge in [0.25, 0.3) is 5.91 Å². The number of aliphatic hydroxyl groups excluding tert-OH is 2. The van der Waals surface area contributed by atoms with Crippen LogP contribution in [-0.2, 0) is 14.4 Å². The van der Waals surface area contributed by atoms with Gasteiger partial charge in [-0.25, -0.2) is 0 Å². The third-order valence-corrected chi connectivity index (χ3v) is 4.24. The van der Waals surface area contributed by atoms with Gasteiger partial charge in [-0.15, -0.1) is 0 Å². The van der Waals surface area contributed by atoms with Gasteiger partial charge in [-0.2, -0.15) is 0 Å². The molecule has 0 saturated heterocycles. The average molecular weight is 328 g/mol. The Morgan fingerprint density at radius 2 is 1.78 bits per heavy atom. The number of carbonyl (C=O) groups excluding carboxylic acids is 3. The van der Waals surface area contributed by atoms with E-state index >= 15 is 0 Å². The van der Waals surface area contributed by atoms with E-state index in [0.717, 1.165) is 25.7 Å². The summed E-state index contributed by atoms with van der Waals surface area (Å²) in [7, 11) is 0. The first kappa shape index (κ1) is 19.6. The number of aliphatic hydroxyl groups is 2. The molecule has 0 unspecified atom stereocenters. The van der Waals surface area contributed by atoms with Crippen molar-refractivity contribution in [2.75, 3.05) is 13.2 Å². The van der Waals surface area contributed by atoms with Crippen LogP contribution in [-0.4, -0.2) is 53.1 Å². The van der Waals surface area contributed by atoms with E-state index in [2.05, 4.69) is 10.6 Å². The van der Waals surface area contributed by atoms with Crippen molar-refractivity contribution in [3.05, 3.63) is 0 Å². The molecule has 0 radical (unpaired) electrons. The summed E-state index contributed by atoms with van der Waals surface area (Å²) in [5.74, 6) is -1.85. The number of carbonyl (C=O) groups is 3. The predicted octanol–water partition coefficient (Wildman–Crippen LogP) is -0.110. The normalized spacial score (nSPS) is 17.4. The molecule has 1 aliphatic carbocycles. The molecule has 132 valence electrons. The molecule has 0 aromatic carbocycles. The van der Waals surface area contributed by atoms with E-state index in [9.17, 15) is 19.5 Å². The minimum atomic E-state index is -1.38. The van der Waals surface area contributed by atoms with E-state index in [4.69, 9.17) is 5.11 Å². The fraction of sp³-hybridized carbons (Fsp3) is 0.812. The molecule has 1 saturated carbocycles. The van der Waals surface area contributed by atoms with Crippen molar-refractivity contribution in [1.82, 2.24) is 10.6 Å². The Bertz CT molecular complexity index is 430. The third kappa shape index (κ3) is 6.27. The van der Waals surface area contributed by atoms with Crippen molar-refractivity contribution in [2.45, 2.75) is 64.5 Å². The molecule has 7 heteroatoms. The second-order valence-electron chi connectivity index (χ2n) is 6.82. The molecule has 1 rings (SSSR count). The lowest BCUT2D eigenvalue weighted by molar-refractivity contribution is -0.139. The van der Waals surface area contributed by atoms with Gasteiger partial charge < -0.3 is 20.8 Å². The largest absolute Gasteiger partial charge is 0.396 e. The first-order valence-corrected chi connectivity index (χ1v) is 8.18. The monoisotopic (exact) mass is 328 g/mol. The van der Waals surface area contributed by atoms with Gasteiger partial charge in [0, 0.05) is 24.4 Å². The molecule has 0 spiro atoms. The molecule has 7 nitrogen and oxygen atoms in total. The highest BCUT2D eigenvalue weighted by Gasteiger charge is 2.32. The van der Waals surface area contributed by atoms with Crippen molar-refractivity contribution in [3.63, 3.8) is 0 Å². The molecule has 1 aliphatic rings. The Hall–Kier alpha value is -1.47. The summed E-state index contributed by atoms with van der Waals surface area (Å²) < 4.78 is 0. The fourth-order valence-electron chi connectivity index (χ4n) is 2.46. The van der Waals surface area contributed by atoms with Gasteiger partial charge in [0.1, 0.15) is 6.10 Å². The van der Waals surface area contributed by atoms with Crippen LogP contribution < -0.4 is 10.6 Å². The summed E-state index contributed by atoms with van der Waals surface area (Å²) in [6, 6.07) is 0.0713. The van der Waals surface area contributed by atoms with E-state index in [1.165, 1.54) is 6.42 Å². The van der Waals surface area contributed by atoms with Crippen molar-refractivity contribution in [3.8, 4) is 0 Å². The van der Waals surface area contributed by atoms with Crippen LogP contribution in [0, 0.1) is 5.41 Å². The highest BCUT2D eigenvalue weighted by atomic mass is 16.3. The Morgan fingerprint density at radius 3 is 2.35 bits per heavy atom. The molecule has 2 amide bonds. The van der Waals surface area contributed by atoms with Gasteiger partial charge in [-0.1, -0.05) is 33.1 Å². The van der Waals surface area contributed by atoms with E-state index in [1.54, 1.807) is 13.8 Å². The Kier molecular flexibility index (Phi) is 7.64. The lowest BCUT2D eigenvalue weighted by Crippen LogP contribution is -2.46. The molecule has 4 N–H and O–H groups in total. The average Bonchev–Trinajstić information content (AvgIpc) is 2.54. The van der Waals surface area contributed by atoms with E-state index in [-0.39, 0.29) is 25.6 Å². The van der Waals surface area contributed by atoms with Crippen LogP contribution in [0.1, 0.15) is 52.4 Å². The van der Waals surface area contributed by atoms with Gasteiger partial charge in [-0.3, -0.25) is 14.4 Å². The number of Topliss-reactive ketones (excluding diaryl/α,β-unsaturated/α-hetero) is 1. The summed E-state index contributed by atoms with van der Waals surface area (Å²) in [5, 5.41) is 24.0. The highest BCUT2D eigenvalue weighted by Crippen LogP contribution is 2.19. The second kappa shape index (κ2) is 8.98. The van der Waals surface area contributed by atoms with Gasteiger partial charge in [0.2, 0.25) is 11.7 Å². The zero-order valence-electron chi connectivity index (χ0n) is 13.9. The van der Waals surface area contributed by atoms with Crippen LogP contribution >= 0.6 is 0 Å². The molecule has 0 aromatic rings. The summed E-state index contributed by atoms with van der Waals surface area (Å²) in [5.41, 5.74) is -0.966. The minimum absolute atomic E-state index is 0.0195. The predicted molar refractivity (Wildman–Crippen MR) is 84.5 cm³/mol. The summed E-state index contributed by atoms with van der Waals surface area (Å²) in [4.78, 5) is 35.3. The van der Waals surface area contributed by atoms with Crippen LogP contribution in [0.3, 0.4) is 0 Å². The molecule has 1 atom stereocenters. The number of amides is 2. The first-order chi connectivity index (χ1) is 10.8. The molecule has 23 heavy (non-hydrogen) atoms. The van der Waals surface area contributed by atoms with Crippen LogP contribution in [0.15, 0.2) is 0 Å². The quantitative estimate of drug-likeness (QED) is 0.464. The standard InChI is InChI=1S/C16H28N2O5/c1-16(2,10-19)13(21)15(23)17-9-8-12(20)14(22)18-11-6-4-3-5-7-11/h11,13,19,21H,3-10H2,1-2H3,(H,17,23)(H,18,22)/t13-/m0/s1. The lowest BCUT2D eigenvalue weighted by atomic mass is 9.87. The summed E-state index contributed by atoms with van der Waals surface area (Å²) in [6.45, 7) is 2.75. The third-order valence-electron chi connectivity index (χ3n) is 4.24. The van der Waals surface area contributed by atoms with Crippen LogP contribution in [0.4, 0.5) is 0 Å².